The highest BCUT2D eigenvalue weighted by Gasteiger charge is 2.14. The third kappa shape index (κ3) is 4.09. The average Bonchev–Trinajstić information content (AvgIpc) is 2.64. The molecule has 0 unspecified atom stereocenters. The Morgan fingerprint density at radius 2 is 1.09 bits per heavy atom. The van der Waals surface area contributed by atoms with Crippen LogP contribution in [-0.4, -0.2) is 6.16 Å². The first kappa shape index (κ1) is 16.0. The maximum atomic E-state index is 2.29. The summed E-state index contributed by atoms with van der Waals surface area (Å²) in [6, 6.07) is 30.9. The summed E-state index contributed by atoms with van der Waals surface area (Å²) in [4.78, 5) is 0. The predicted octanol–water partition coefficient (Wildman–Crippen LogP) is 4.92. The monoisotopic (exact) mass is 318 g/mol. The molecule has 3 aromatic carbocycles. The highest BCUT2D eigenvalue weighted by Crippen LogP contribution is 2.34. The molecule has 3 rings (SSSR count). The Morgan fingerprint density at radius 1 is 0.609 bits per heavy atom. The first-order chi connectivity index (χ1) is 11.4. The molecule has 0 radical (unpaired) electrons. The zero-order chi connectivity index (χ0) is 15.9. The molecule has 3 aromatic rings. The molecule has 0 spiro atoms. The summed E-state index contributed by atoms with van der Waals surface area (Å²) in [7, 11) is -0.292. The van der Waals surface area contributed by atoms with Crippen LogP contribution in [0, 0.1) is 0 Å². The van der Waals surface area contributed by atoms with Gasteiger partial charge < -0.3 is 0 Å². The smallest absolute Gasteiger partial charge is 0.0195 e. The SMILES string of the molecule is CCc1ccccc1CCP(c1ccccc1)c1ccccc1. The first-order valence-electron chi connectivity index (χ1n) is 8.33. The molecule has 0 bridgehead atoms. The van der Waals surface area contributed by atoms with E-state index in [2.05, 4.69) is 91.9 Å². The lowest BCUT2D eigenvalue weighted by molar-refractivity contribution is 1.04. The Labute approximate surface area is 141 Å². The standard InChI is InChI=1S/C22H23P/c1-2-19-11-9-10-12-20(19)17-18-23(21-13-5-3-6-14-21)22-15-7-4-8-16-22/h3-16H,2,17-18H2,1H3. The highest BCUT2D eigenvalue weighted by molar-refractivity contribution is 7.73. The molecule has 0 saturated carbocycles. The quantitative estimate of drug-likeness (QED) is 0.566. The van der Waals surface area contributed by atoms with Crippen molar-refractivity contribution < 1.29 is 0 Å². The van der Waals surface area contributed by atoms with Gasteiger partial charge in [0, 0.05) is 0 Å². The van der Waals surface area contributed by atoms with E-state index in [0.717, 1.165) is 12.8 Å². The van der Waals surface area contributed by atoms with Crippen LogP contribution in [0.1, 0.15) is 18.1 Å². The van der Waals surface area contributed by atoms with Crippen molar-refractivity contribution in [1.82, 2.24) is 0 Å². The Balaban J connectivity index is 1.85. The van der Waals surface area contributed by atoms with Crippen LogP contribution in [0.4, 0.5) is 0 Å². The third-order valence-electron chi connectivity index (χ3n) is 4.24. The van der Waals surface area contributed by atoms with E-state index in [-0.39, 0.29) is 7.92 Å². The second kappa shape index (κ2) is 8.09. The fourth-order valence-corrected chi connectivity index (χ4v) is 5.34. The van der Waals surface area contributed by atoms with Crippen LogP contribution in [-0.2, 0) is 12.8 Å². The van der Waals surface area contributed by atoms with Gasteiger partial charge in [-0.15, -0.1) is 0 Å². The Hall–Kier alpha value is -1.91. The predicted molar refractivity (Wildman–Crippen MR) is 103 cm³/mol. The van der Waals surface area contributed by atoms with E-state index >= 15 is 0 Å². The molecule has 0 aliphatic heterocycles. The summed E-state index contributed by atoms with van der Waals surface area (Å²) >= 11 is 0. The molecule has 0 saturated heterocycles. The van der Waals surface area contributed by atoms with E-state index in [1.807, 2.05) is 0 Å². The van der Waals surface area contributed by atoms with Crippen molar-refractivity contribution in [3.63, 3.8) is 0 Å². The van der Waals surface area contributed by atoms with Gasteiger partial charge in [0.15, 0.2) is 0 Å². The van der Waals surface area contributed by atoms with Crippen LogP contribution >= 0.6 is 7.92 Å². The van der Waals surface area contributed by atoms with Gasteiger partial charge in [-0.05, 0) is 48.7 Å². The molecule has 116 valence electrons. The van der Waals surface area contributed by atoms with E-state index < -0.39 is 0 Å². The van der Waals surface area contributed by atoms with Gasteiger partial charge in [-0.2, -0.15) is 0 Å². The minimum Gasteiger partial charge on any atom is -0.0622 e. The molecule has 0 heterocycles. The Kier molecular flexibility index (Phi) is 5.61. The van der Waals surface area contributed by atoms with Gasteiger partial charge in [0.1, 0.15) is 0 Å². The molecular formula is C22H23P. The second-order valence-electron chi connectivity index (χ2n) is 5.69. The van der Waals surface area contributed by atoms with E-state index in [0.29, 0.717) is 0 Å². The minimum atomic E-state index is -0.292. The topological polar surface area (TPSA) is 0 Å². The van der Waals surface area contributed by atoms with Crippen molar-refractivity contribution in [3.8, 4) is 0 Å². The fourth-order valence-electron chi connectivity index (χ4n) is 3.00. The molecule has 0 N–H and O–H groups in total. The van der Waals surface area contributed by atoms with Crippen molar-refractivity contribution in [2.24, 2.45) is 0 Å². The number of benzene rings is 3. The lowest BCUT2D eigenvalue weighted by Crippen LogP contribution is -2.15. The van der Waals surface area contributed by atoms with Crippen LogP contribution in [0.5, 0.6) is 0 Å². The van der Waals surface area contributed by atoms with E-state index in [1.54, 1.807) is 0 Å². The summed E-state index contributed by atoms with van der Waals surface area (Å²) in [5.74, 6) is 0. The molecule has 0 aliphatic rings. The largest absolute Gasteiger partial charge is 0.0622 e. The van der Waals surface area contributed by atoms with Gasteiger partial charge in [-0.3, -0.25) is 0 Å². The Morgan fingerprint density at radius 3 is 1.61 bits per heavy atom. The van der Waals surface area contributed by atoms with Crippen LogP contribution in [0.3, 0.4) is 0 Å². The highest BCUT2D eigenvalue weighted by atomic mass is 31.1. The zero-order valence-electron chi connectivity index (χ0n) is 13.7. The van der Waals surface area contributed by atoms with Gasteiger partial charge in [-0.1, -0.05) is 91.9 Å². The van der Waals surface area contributed by atoms with Crippen molar-refractivity contribution in [3.05, 3.63) is 96.1 Å². The van der Waals surface area contributed by atoms with Crippen molar-refractivity contribution in [2.75, 3.05) is 6.16 Å². The molecule has 23 heavy (non-hydrogen) atoms. The van der Waals surface area contributed by atoms with Gasteiger partial charge in [0.05, 0.1) is 0 Å². The van der Waals surface area contributed by atoms with E-state index in [9.17, 15) is 0 Å². The molecule has 1 heteroatoms. The summed E-state index contributed by atoms with van der Waals surface area (Å²) in [6.45, 7) is 2.25. The van der Waals surface area contributed by atoms with Crippen LogP contribution in [0.15, 0.2) is 84.9 Å². The Bertz CT molecular complexity index is 680. The number of hydrogen-bond donors (Lipinski definition) is 0. The number of hydrogen-bond acceptors (Lipinski definition) is 0. The van der Waals surface area contributed by atoms with Crippen molar-refractivity contribution >= 4 is 18.5 Å². The van der Waals surface area contributed by atoms with E-state index in [1.165, 1.54) is 27.9 Å². The van der Waals surface area contributed by atoms with Crippen molar-refractivity contribution in [1.29, 1.82) is 0 Å². The van der Waals surface area contributed by atoms with Gasteiger partial charge in [0.25, 0.3) is 0 Å². The van der Waals surface area contributed by atoms with Gasteiger partial charge in [0.2, 0.25) is 0 Å². The molecule has 0 atom stereocenters. The third-order valence-corrected chi connectivity index (χ3v) is 6.75. The maximum Gasteiger partial charge on any atom is -0.0195 e. The summed E-state index contributed by atoms with van der Waals surface area (Å²) in [6.07, 6.45) is 3.48. The maximum absolute atomic E-state index is 2.29. The summed E-state index contributed by atoms with van der Waals surface area (Å²) in [5.41, 5.74) is 3.00. The number of rotatable bonds is 6. The van der Waals surface area contributed by atoms with Crippen LogP contribution in [0.2, 0.25) is 0 Å². The fraction of sp³-hybridized carbons (Fsp3) is 0.182. The minimum absolute atomic E-state index is 0.292. The van der Waals surface area contributed by atoms with Crippen LogP contribution in [0.25, 0.3) is 0 Å². The van der Waals surface area contributed by atoms with Crippen LogP contribution < -0.4 is 10.6 Å². The average molecular weight is 318 g/mol. The molecule has 0 amide bonds. The summed E-state index contributed by atoms with van der Waals surface area (Å²) in [5, 5.41) is 2.95. The van der Waals surface area contributed by atoms with E-state index in [4.69, 9.17) is 0 Å². The second-order valence-corrected chi connectivity index (χ2v) is 8.03. The zero-order valence-corrected chi connectivity index (χ0v) is 14.5. The number of aryl methyl sites for hydroxylation is 2. The molecule has 0 aliphatic carbocycles. The van der Waals surface area contributed by atoms with Gasteiger partial charge >= 0.3 is 0 Å². The lowest BCUT2D eigenvalue weighted by Gasteiger charge is -2.19. The lowest BCUT2D eigenvalue weighted by atomic mass is 10.0. The molecular weight excluding hydrogens is 295 g/mol. The normalized spacial score (nSPS) is 10.9. The van der Waals surface area contributed by atoms with Gasteiger partial charge in [-0.25, -0.2) is 0 Å². The molecule has 0 nitrogen and oxygen atoms in total. The summed E-state index contributed by atoms with van der Waals surface area (Å²) < 4.78 is 0. The molecule has 0 aromatic heterocycles. The first-order valence-corrected chi connectivity index (χ1v) is 9.85. The molecule has 0 fully saturated rings. The van der Waals surface area contributed by atoms with Crippen molar-refractivity contribution in [2.45, 2.75) is 19.8 Å².